The van der Waals surface area contributed by atoms with Crippen LogP contribution in [0.25, 0.3) is 0 Å². The van der Waals surface area contributed by atoms with Crippen molar-refractivity contribution in [3.63, 3.8) is 0 Å². The van der Waals surface area contributed by atoms with Crippen LogP contribution in [0.2, 0.25) is 0 Å². The van der Waals surface area contributed by atoms with Gasteiger partial charge in [-0.25, -0.2) is 0 Å². The quantitative estimate of drug-likeness (QED) is 0.291. The van der Waals surface area contributed by atoms with E-state index in [2.05, 4.69) is 10.6 Å². The van der Waals surface area contributed by atoms with Crippen LogP contribution in [0.4, 0.5) is 0 Å². The second-order valence-electron chi connectivity index (χ2n) is 6.23. The third kappa shape index (κ3) is 8.70. The van der Waals surface area contributed by atoms with E-state index in [1.165, 1.54) is 6.42 Å². The van der Waals surface area contributed by atoms with Crippen molar-refractivity contribution in [1.29, 1.82) is 0 Å². The Bertz CT molecular complexity index is 560. The normalized spacial score (nSPS) is 20.0. The highest BCUT2D eigenvalue weighted by molar-refractivity contribution is 7.87. The van der Waals surface area contributed by atoms with E-state index in [9.17, 15) is 21.4 Å². The predicted octanol–water partition coefficient (Wildman–Crippen LogP) is -0.640. The molecular weight excluding hydrogens is 358 g/mol. The summed E-state index contributed by atoms with van der Waals surface area (Å²) in [5.41, 5.74) is 5.35. The van der Waals surface area contributed by atoms with E-state index >= 15 is 0 Å². The second kappa shape index (κ2) is 10.00. The zero-order valence-corrected chi connectivity index (χ0v) is 15.4. The molecule has 0 spiro atoms. The smallest absolute Gasteiger partial charge is 0.269 e. The summed E-state index contributed by atoms with van der Waals surface area (Å²) in [6.07, 6.45) is 5.54. The van der Waals surface area contributed by atoms with Gasteiger partial charge in [0.25, 0.3) is 20.2 Å². The third-order valence-electron chi connectivity index (χ3n) is 4.24. The molecule has 2 atom stereocenters. The number of hydrogen-bond donors (Lipinski definition) is 5. The summed E-state index contributed by atoms with van der Waals surface area (Å²) >= 11 is 0. The molecule has 1 rings (SSSR count). The van der Waals surface area contributed by atoms with Crippen LogP contribution in [0.5, 0.6) is 0 Å². The number of rotatable bonds is 11. The van der Waals surface area contributed by atoms with Gasteiger partial charge < -0.3 is 16.4 Å². The molecule has 0 aromatic rings. The Kier molecular flexibility index (Phi) is 9.06. The lowest BCUT2D eigenvalue weighted by molar-refractivity contribution is 0.360. The first-order valence-electron chi connectivity index (χ1n) is 8.22. The van der Waals surface area contributed by atoms with Crippen LogP contribution >= 0.6 is 0 Å². The molecule has 1 aliphatic carbocycles. The van der Waals surface area contributed by atoms with Crippen LogP contribution in [0.1, 0.15) is 38.5 Å². The van der Waals surface area contributed by atoms with Crippen molar-refractivity contribution < 1.29 is 25.9 Å². The molecule has 0 aromatic carbocycles. The maximum atomic E-state index is 11.7. The Morgan fingerprint density at radius 2 is 1.67 bits per heavy atom. The second-order valence-corrected chi connectivity index (χ2v) is 9.36. The molecule has 0 radical (unpaired) electrons. The van der Waals surface area contributed by atoms with E-state index < -0.39 is 37.3 Å². The molecule has 6 N–H and O–H groups in total. The van der Waals surface area contributed by atoms with Gasteiger partial charge in [-0.2, -0.15) is 16.8 Å². The van der Waals surface area contributed by atoms with Crippen LogP contribution in [-0.4, -0.2) is 68.7 Å². The molecular formula is C13H29N3O6S2. The fourth-order valence-corrected chi connectivity index (χ4v) is 5.04. The zero-order valence-electron chi connectivity index (χ0n) is 13.7. The molecule has 0 amide bonds. The minimum Gasteiger partial charge on any atom is -0.329 e. The van der Waals surface area contributed by atoms with E-state index in [0.29, 0.717) is 12.6 Å². The summed E-state index contributed by atoms with van der Waals surface area (Å²) in [4.78, 5) is 0. The number of nitrogens with two attached hydrogens (primary N) is 1. The fourth-order valence-electron chi connectivity index (χ4n) is 3.09. The van der Waals surface area contributed by atoms with Crippen LogP contribution in [0.3, 0.4) is 0 Å². The lowest BCUT2D eigenvalue weighted by Gasteiger charge is -2.27. The van der Waals surface area contributed by atoms with Gasteiger partial charge in [0.1, 0.15) is 5.25 Å². The first kappa shape index (κ1) is 21.7. The molecule has 2 unspecified atom stereocenters. The molecule has 1 saturated carbocycles. The van der Waals surface area contributed by atoms with E-state index in [0.717, 1.165) is 25.7 Å². The molecule has 0 heterocycles. The molecule has 1 aliphatic rings. The highest BCUT2D eigenvalue weighted by Gasteiger charge is 2.34. The van der Waals surface area contributed by atoms with Gasteiger partial charge in [-0.15, -0.1) is 0 Å². The Morgan fingerprint density at radius 1 is 1.04 bits per heavy atom. The summed E-state index contributed by atoms with van der Waals surface area (Å²) in [5, 5.41) is 4.60. The summed E-state index contributed by atoms with van der Waals surface area (Å²) in [6, 6.07) is -0.815. The van der Waals surface area contributed by atoms with E-state index in [-0.39, 0.29) is 19.5 Å². The molecule has 0 aliphatic heterocycles. The van der Waals surface area contributed by atoms with E-state index in [4.69, 9.17) is 10.3 Å². The topological polar surface area (TPSA) is 159 Å². The molecule has 0 saturated heterocycles. The molecule has 0 aromatic heterocycles. The van der Waals surface area contributed by atoms with Crippen LogP contribution < -0.4 is 16.4 Å². The summed E-state index contributed by atoms with van der Waals surface area (Å²) < 4.78 is 64.2. The van der Waals surface area contributed by atoms with Gasteiger partial charge in [-0.1, -0.05) is 19.3 Å². The number of hydrogen-bond acceptors (Lipinski definition) is 7. The molecule has 11 heteroatoms. The monoisotopic (exact) mass is 387 g/mol. The molecule has 9 nitrogen and oxygen atoms in total. The average Bonchev–Trinajstić information content (AvgIpc) is 2.47. The fraction of sp³-hybridized carbons (Fsp3) is 1.00. The SMILES string of the molecule is NCCNC(CS(=O)(=O)O)C(CCNC1CCCCC1)S(=O)(=O)O. The van der Waals surface area contributed by atoms with Gasteiger partial charge in [-0.3, -0.25) is 9.11 Å². The van der Waals surface area contributed by atoms with Crippen molar-refractivity contribution in [2.24, 2.45) is 5.73 Å². The standard InChI is InChI=1S/C13H29N3O6S2/c14-7-9-16-12(10-23(17,18)19)13(24(20,21)22)6-8-15-11-4-2-1-3-5-11/h11-13,15-16H,1-10,14H2,(H,17,18,19)(H,20,21,22). The van der Waals surface area contributed by atoms with Crippen LogP contribution in [0.15, 0.2) is 0 Å². The first-order valence-corrected chi connectivity index (χ1v) is 11.3. The lowest BCUT2D eigenvalue weighted by Crippen LogP contribution is -2.50. The van der Waals surface area contributed by atoms with Gasteiger partial charge in [0.05, 0.1) is 5.75 Å². The largest absolute Gasteiger partial charge is 0.329 e. The van der Waals surface area contributed by atoms with Gasteiger partial charge >= 0.3 is 0 Å². The summed E-state index contributed by atoms with van der Waals surface area (Å²) in [7, 11) is -8.89. The van der Waals surface area contributed by atoms with Gasteiger partial charge in [-0.05, 0) is 25.8 Å². The maximum absolute atomic E-state index is 11.7. The summed E-state index contributed by atoms with van der Waals surface area (Å²) in [5.74, 6) is -0.805. The van der Waals surface area contributed by atoms with Crippen molar-refractivity contribution in [2.45, 2.75) is 55.9 Å². The first-order chi connectivity index (χ1) is 11.1. The van der Waals surface area contributed by atoms with Gasteiger partial charge in [0, 0.05) is 25.2 Å². The van der Waals surface area contributed by atoms with Crippen molar-refractivity contribution in [2.75, 3.05) is 25.4 Å². The highest BCUT2D eigenvalue weighted by Crippen LogP contribution is 2.18. The molecule has 0 bridgehead atoms. The van der Waals surface area contributed by atoms with E-state index in [1.807, 2.05) is 0 Å². The van der Waals surface area contributed by atoms with Gasteiger partial charge in [0.2, 0.25) is 0 Å². The Labute approximate surface area is 144 Å². The van der Waals surface area contributed by atoms with Crippen molar-refractivity contribution in [3.8, 4) is 0 Å². The minimum absolute atomic E-state index is 0.0348. The van der Waals surface area contributed by atoms with Crippen molar-refractivity contribution in [1.82, 2.24) is 10.6 Å². The van der Waals surface area contributed by atoms with Crippen LogP contribution in [-0.2, 0) is 20.2 Å². The Hall–Kier alpha value is -0.300. The lowest BCUT2D eigenvalue weighted by atomic mass is 9.95. The molecule has 144 valence electrons. The predicted molar refractivity (Wildman–Crippen MR) is 92.1 cm³/mol. The maximum Gasteiger partial charge on any atom is 0.269 e. The van der Waals surface area contributed by atoms with Crippen LogP contribution in [0, 0.1) is 0 Å². The average molecular weight is 388 g/mol. The zero-order chi connectivity index (χ0) is 18.2. The van der Waals surface area contributed by atoms with Gasteiger partial charge in [0.15, 0.2) is 0 Å². The Balaban J connectivity index is 2.71. The van der Waals surface area contributed by atoms with Crippen molar-refractivity contribution >= 4 is 20.2 Å². The third-order valence-corrected chi connectivity index (χ3v) is 6.35. The van der Waals surface area contributed by atoms with E-state index in [1.54, 1.807) is 0 Å². The number of nitrogens with one attached hydrogen (secondary N) is 2. The van der Waals surface area contributed by atoms with Crippen molar-refractivity contribution in [3.05, 3.63) is 0 Å². The minimum atomic E-state index is -4.49. The summed E-state index contributed by atoms with van der Waals surface area (Å²) in [6.45, 7) is 0.671. The molecule has 1 fully saturated rings. The molecule has 24 heavy (non-hydrogen) atoms. The Morgan fingerprint density at radius 3 is 2.17 bits per heavy atom. The highest BCUT2D eigenvalue weighted by atomic mass is 32.2.